The second kappa shape index (κ2) is 5.36. The molecule has 1 heterocycles. The van der Waals surface area contributed by atoms with Gasteiger partial charge in [-0.25, -0.2) is 8.42 Å². The molecule has 0 spiro atoms. The molecule has 19 heavy (non-hydrogen) atoms. The third kappa shape index (κ3) is 3.17. The normalized spacial score (nSPS) is 11.5. The maximum Gasteiger partial charge on any atom is 0.266 e. The number of hydrogen-bond donors (Lipinski definition) is 2. The average Bonchev–Trinajstić information content (AvgIpc) is 2.74. The number of anilines is 1. The molecule has 0 saturated carbocycles. The van der Waals surface area contributed by atoms with E-state index in [9.17, 15) is 8.42 Å². The maximum absolute atomic E-state index is 12.2. The Labute approximate surface area is 120 Å². The summed E-state index contributed by atoms with van der Waals surface area (Å²) in [7, 11) is -3.69. The van der Waals surface area contributed by atoms with Gasteiger partial charge in [-0.2, -0.15) is 0 Å². The Balaban J connectivity index is 2.31. The molecule has 0 radical (unpaired) electrons. The van der Waals surface area contributed by atoms with E-state index < -0.39 is 10.0 Å². The van der Waals surface area contributed by atoms with Crippen molar-refractivity contribution in [1.29, 1.82) is 0 Å². The lowest BCUT2D eigenvalue weighted by molar-refractivity contribution is 0.484. The van der Waals surface area contributed by atoms with Crippen molar-refractivity contribution in [2.75, 3.05) is 4.72 Å². The third-order valence-corrected chi connectivity index (χ3v) is 4.74. The van der Waals surface area contributed by atoms with Crippen LogP contribution in [0, 0.1) is 6.92 Å². The summed E-state index contributed by atoms with van der Waals surface area (Å²) in [4.78, 5) is 0.0357. The highest BCUT2D eigenvalue weighted by molar-refractivity contribution is 9.10. The summed E-state index contributed by atoms with van der Waals surface area (Å²) < 4.78 is 32.2. The van der Waals surface area contributed by atoms with Crippen LogP contribution in [0.1, 0.15) is 11.3 Å². The van der Waals surface area contributed by atoms with Crippen LogP contribution < -0.4 is 10.5 Å². The van der Waals surface area contributed by atoms with Crippen molar-refractivity contribution < 1.29 is 12.8 Å². The number of nitrogens with two attached hydrogens (primary N) is 1. The van der Waals surface area contributed by atoms with E-state index in [2.05, 4.69) is 20.7 Å². The summed E-state index contributed by atoms with van der Waals surface area (Å²) in [5.41, 5.74) is 6.96. The summed E-state index contributed by atoms with van der Waals surface area (Å²) in [6, 6.07) is 8.46. The number of nitrogens with one attached hydrogen (secondary N) is 1. The lowest BCUT2D eigenvalue weighted by atomic mass is 10.2. The second-order valence-corrected chi connectivity index (χ2v) is 6.40. The largest absolute Gasteiger partial charge is 0.452 e. The molecule has 7 heteroatoms. The Morgan fingerprint density at radius 3 is 2.47 bits per heavy atom. The van der Waals surface area contributed by atoms with Gasteiger partial charge in [-0.15, -0.1) is 0 Å². The maximum atomic E-state index is 12.2. The van der Waals surface area contributed by atoms with Crippen molar-refractivity contribution in [3.63, 3.8) is 0 Å². The van der Waals surface area contributed by atoms with Crippen molar-refractivity contribution in [2.24, 2.45) is 5.73 Å². The monoisotopic (exact) mass is 344 g/mol. The Bertz CT molecular complexity index is 678. The summed E-state index contributed by atoms with van der Waals surface area (Å²) in [5, 5.41) is 0. The van der Waals surface area contributed by atoms with Gasteiger partial charge in [0.2, 0.25) is 0 Å². The Morgan fingerprint density at radius 1 is 1.32 bits per heavy atom. The number of sulfonamides is 1. The SMILES string of the molecule is Cc1ccc(NS(=O)(=O)c2cc(CN)oc2Br)cc1. The van der Waals surface area contributed by atoms with Gasteiger partial charge in [-0.3, -0.25) is 4.72 Å². The van der Waals surface area contributed by atoms with Gasteiger partial charge in [0, 0.05) is 11.8 Å². The predicted octanol–water partition coefficient (Wildman–Crippen LogP) is 2.61. The van der Waals surface area contributed by atoms with Gasteiger partial charge < -0.3 is 10.2 Å². The van der Waals surface area contributed by atoms with Gasteiger partial charge in [0.1, 0.15) is 10.7 Å². The fraction of sp³-hybridized carbons (Fsp3) is 0.167. The zero-order chi connectivity index (χ0) is 14.0. The number of halogens is 1. The van der Waals surface area contributed by atoms with E-state index in [1.807, 2.05) is 19.1 Å². The van der Waals surface area contributed by atoms with E-state index >= 15 is 0 Å². The summed E-state index contributed by atoms with van der Waals surface area (Å²) in [6.45, 7) is 2.07. The molecule has 0 fully saturated rings. The number of hydrogen-bond acceptors (Lipinski definition) is 4. The van der Waals surface area contributed by atoms with Crippen LogP contribution in [0.3, 0.4) is 0 Å². The van der Waals surface area contributed by atoms with Crippen LogP contribution in [0.4, 0.5) is 5.69 Å². The van der Waals surface area contributed by atoms with Gasteiger partial charge in [0.25, 0.3) is 10.0 Å². The summed E-state index contributed by atoms with van der Waals surface area (Å²) >= 11 is 3.08. The minimum atomic E-state index is -3.69. The average molecular weight is 345 g/mol. The molecule has 1 aromatic heterocycles. The summed E-state index contributed by atoms with van der Waals surface area (Å²) in [5.74, 6) is 0.399. The first-order valence-electron chi connectivity index (χ1n) is 5.50. The minimum absolute atomic E-state index is 0.0357. The molecule has 0 saturated heterocycles. The molecule has 0 aliphatic heterocycles. The minimum Gasteiger partial charge on any atom is -0.452 e. The topological polar surface area (TPSA) is 85.3 Å². The Hall–Kier alpha value is -1.31. The number of aryl methyl sites for hydroxylation is 1. The van der Waals surface area contributed by atoms with Gasteiger partial charge in [0.05, 0.1) is 6.54 Å². The first kappa shape index (κ1) is 14.1. The molecule has 0 atom stereocenters. The molecule has 3 N–H and O–H groups in total. The Morgan fingerprint density at radius 2 is 1.95 bits per heavy atom. The molecule has 2 aromatic rings. The van der Waals surface area contributed by atoms with Crippen molar-refractivity contribution in [3.8, 4) is 0 Å². The second-order valence-electron chi connectivity index (χ2n) is 4.03. The molecule has 0 unspecified atom stereocenters. The molecular weight excluding hydrogens is 332 g/mol. The van der Waals surface area contributed by atoms with E-state index in [1.165, 1.54) is 6.07 Å². The highest BCUT2D eigenvalue weighted by Crippen LogP contribution is 2.27. The van der Waals surface area contributed by atoms with Gasteiger partial charge in [-0.05, 0) is 35.0 Å². The summed E-state index contributed by atoms with van der Waals surface area (Å²) in [6.07, 6.45) is 0. The standard InChI is InChI=1S/C12H13BrN2O3S/c1-8-2-4-9(5-3-8)15-19(16,17)11-6-10(7-14)18-12(11)13/h2-6,15H,7,14H2,1H3. The highest BCUT2D eigenvalue weighted by atomic mass is 79.9. The quantitative estimate of drug-likeness (QED) is 0.892. The van der Waals surface area contributed by atoms with Crippen LogP contribution in [0.15, 0.2) is 44.3 Å². The van der Waals surface area contributed by atoms with Crippen LogP contribution in [0.2, 0.25) is 0 Å². The zero-order valence-corrected chi connectivity index (χ0v) is 12.6. The fourth-order valence-corrected chi connectivity index (χ4v) is 3.57. The number of furan rings is 1. The lowest BCUT2D eigenvalue weighted by Crippen LogP contribution is -2.12. The molecule has 1 aromatic carbocycles. The van der Waals surface area contributed by atoms with Crippen LogP contribution in [0.5, 0.6) is 0 Å². The molecule has 0 bridgehead atoms. The first-order chi connectivity index (χ1) is 8.92. The third-order valence-electron chi connectivity index (χ3n) is 2.50. The van der Waals surface area contributed by atoms with Crippen LogP contribution in [-0.2, 0) is 16.6 Å². The van der Waals surface area contributed by atoms with E-state index in [0.717, 1.165) is 5.56 Å². The van der Waals surface area contributed by atoms with Crippen LogP contribution >= 0.6 is 15.9 Å². The van der Waals surface area contributed by atoms with E-state index in [0.29, 0.717) is 11.4 Å². The van der Waals surface area contributed by atoms with Gasteiger partial charge in [0.15, 0.2) is 4.67 Å². The molecule has 0 aliphatic rings. The molecule has 0 aliphatic carbocycles. The van der Waals surface area contributed by atoms with Crippen molar-refractivity contribution in [2.45, 2.75) is 18.4 Å². The smallest absolute Gasteiger partial charge is 0.266 e. The molecule has 0 amide bonds. The number of benzene rings is 1. The van der Waals surface area contributed by atoms with Crippen molar-refractivity contribution in [1.82, 2.24) is 0 Å². The molecule has 2 rings (SSSR count). The Kier molecular flexibility index (Phi) is 3.98. The number of rotatable bonds is 4. The van der Waals surface area contributed by atoms with E-state index in [1.54, 1.807) is 12.1 Å². The molecule has 5 nitrogen and oxygen atoms in total. The van der Waals surface area contributed by atoms with Gasteiger partial charge >= 0.3 is 0 Å². The zero-order valence-electron chi connectivity index (χ0n) is 10.2. The van der Waals surface area contributed by atoms with E-state index in [-0.39, 0.29) is 16.1 Å². The lowest BCUT2D eigenvalue weighted by Gasteiger charge is -2.06. The highest BCUT2D eigenvalue weighted by Gasteiger charge is 2.22. The van der Waals surface area contributed by atoms with Crippen molar-refractivity contribution >= 4 is 31.6 Å². The van der Waals surface area contributed by atoms with Crippen LogP contribution in [0.25, 0.3) is 0 Å². The predicted molar refractivity (Wildman–Crippen MR) is 76.3 cm³/mol. The molecule has 102 valence electrons. The van der Waals surface area contributed by atoms with Crippen molar-refractivity contribution in [3.05, 3.63) is 46.3 Å². The molecular formula is C12H13BrN2O3S. The van der Waals surface area contributed by atoms with Gasteiger partial charge in [-0.1, -0.05) is 17.7 Å². The fourth-order valence-electron chi connectivity index (χ4n) is 1.51. The van der Waals surface area contributed by atoms with Crippen LogP contribution in [-0.4, -0.2) is 8.42 Å². The first-order valence-corrected chi connectivity index (χ1v) is 7.78. The van der Waals surface area contributed by atoms with E-state index in [4.69, 9.17) is 10.2 Å².